The Hall–Kier alpha value is -1.42. The Morgan fingerprint density at radius 3 is 3.25 bits per heavy atom. The molecular weight excluding hydrogens is 206 g/mol. The maximum Gasteiger partial charge on any atom is 0.224 e. The molecule has 1 atom stereocenters. The number of carbonyl (C=O) groups excluding carboxylic acids is 1. The topological polar surface area (TPSA) is 48.4 Å². The average molecular weight is 221 g/mol. The molecule has 1 fully saturated rings. The molecule has 1 aliphatic heterocycles. The Kier molecular flexibility index (Phi) is 3.88. The van der Waals surface area contributed by atoms with Crippen molar-refractivity contribution in [1.29, 1.82) is 0 Å². The third kappa shape index (κ3) is 2.79. The molecule has 86 valence electrons. The van der Waals surface area contributed by atoms with E-state index in [1.165, 1.54) is 6.42 Å². The number of aldehydes is 1. The molecule has 0 amide bonds. The summed E-state index contributed by atoms with van der Waals surface area (Å²) in [6, 6.07) is 3.41. The van der Waals surface area contributed by atoms with Crippen molar-refractivity contribution < 1.29 is 14.3 Å². The standard InChI is InChI=1S/C12H15NO3/c14-8-10-4-3-6-13-12(10)16-9-11-5-1-2-7-15-11/h3-4,6,8,11H,1-2,5,7,9H2. The van der Waals surface area contributed by atoms with Crippen molar-refractivity contribution >= 4 is 6.29 Å². The van der Waals surface area contributed by atoms with Crippen molar-refractivity contribution in [2.75, 3.05) is 13.2 Å². The van der Waals surface area contributed by atoms with Crippen LogP contribution in [0.4, 0.5) is 0 Å². The van der Waals surface area contributed by atoms with Gasteiger partial charge < -0.3 is 9.47 Å². The number of hydrogen-bond acceptors (Lipinski definition) is 4. The summed E-state index contributed by atoms with van der Waals surface area (Å²) >= 11 is 0. The zero-order chi connectivity index (χ0) is 11.2. The predicted octanol–water partition coefficient (Wildman–Crippen LogP) is 1.84. The van der Waals surface area contributed by atoms with E-state index in [2.05, 4.69) is 4.98 Å². The highest BCUT2D eigenvalue weighted by atomic mass is 16.5. The first kappa shape index (κ1) is 11.1. The first-order valence-electron chi connectivity index (χ1n) is 5.55. The molecule has 4 heteroatoms. The Morgan fingerprint density at radius 1 is 1.56 bits per heavy atom. The van der Waals surface area contributed by atoms with E-state index >= 15 is 0 Å². The van der Waals surface area contributed by atoms with Crippen molar-refractivity contribution in [2.24, 2.45) is 0 Å². The molecule has 0 bridgehead atoms. The fraction of sp³-hybridized carbons (Fsp3) is 0.500. The molecule has 0 radical (unpaired) electrons. The highest BCUT2D eigenvalue weighted by Gasteiger charge is 2.15. The largest absolute Gasteiger partial charge is 0.474 e. The number of pyridine rings is 1. The van der Waals surface area contributed by atoms with Crippen molar-refractivity contribution in [2.45, 2.75) is 25.4 Å². The van der Waals surface area contributed by atoms with Crippen LogP contribution in [0.2, 0.25) is 0 Å². The molecule has 1 aromatic heterocycles. The van der Waals surface area contributed by atoms with Crippen molar-refractivity contribution in [1.82, 2.24) is 4.98 Å². The van der Waals surface area contributed by atoms with Crippen molar-refractivity contribution in [3.8, 4) is 5.88 Å². The maximum absolute atomic E-state index is 10.7. The van der Waals surface area contributed by atoms with Crippen LogP contribution in [0.15, 0.2) is 18.3 Å². The lowest BCUT2D eigenvalue weighted by atomic mass is 10.1. The monoisotopic (exact) mass is 221 g/mol. The maximum atomic E-state index is 10.7. The van der Waals surface area contributed by atoms with Gasteiger partial charge in [0.1, 0.15) is 6.61 Å². The zero-order valence-corrected chi connectivity index (χ0v) is 9.09. The first-order valence-corrected chi connectivity index (χ1v) is 5.55. The van der Waals surface area contributed by atoms with Gasteiger partial charge in [-0.25, -0.2) is 4.98 Å². The van der Waals surface area contributed by atoms with Crippen LogP contribution in [0.25, 0.3) is 0 Å². The number of rotatable bonds is 4. The van der Waals surface area contributed by atoms with Crippen LogP contribution in [-0.4, -0.2) is 30.6 Å². The fourth-order valence-corrected chi connectivity index (χ4v) is 1.72. The van der Waals surface area contributed by atoms with Gasteiger partial charge in [-0.1, -0.05) is 0 Å². The van der Waals surface area contributed by atoms with Crippen LogP contribution >= 0.6 is 0 Å². The zero-order valence-electron chi connectivity index (χ0n) is 9.09. The first-order chi connectivity index (χ1) is 7.90. The van der Waals surface area contributed by atoms with Gasteiger partial charge in [0, 0.05) is 12.8 Å². The molecule has 0 N–H and O–H groups in total. The molecule has 1 unspecified atom stereocenters. The summed E-state index contributed by atoms with van der Waals surface area (Å²) in [5.74, 6) is 0.395. The smallest absolute Gasteiger partial charge is 0.224 e. The van der Waals surface area contributed by atoms with Crippen LogP contribution in [0.3, 0.4) is 0 Å². The summed E-state index contributed by atoms with van der Waals surface area (Å²) in [6.45, 7) is 1.27. The van der Waals surface area contributed by atoms with E-state index in [1.807, 2.05) is 0 Å². The lowest BCUT2D eigenvalue weighted by Gasteiger charge is -2.22. The average Bonchev–Trinajstić information content (AvgIpc) is 2.38. The summed E-state index contributed by atoms with van der Waals surface area (Å²) in [5.41, 5.74) is 0.485. The van der Waals surface area contributed by atoms with Crippen LogP contribution in [0.5, 0.6) is 5.88 Å². The minimum Gasteiger partial charge on any atom is -0.474 e. The molecule has 0 aromatic carbocycles. The van der Waals surface area contributed by atoms with Gasteiger partial charge in [0.05, 0.1) is 11.7 Å². The van der Waals surface area contributed by atoms with Gasteiger partial charge >= 0.3 is 0 Å². The van der Waals surface area contributed by atoms with Gasteiger partial charge in [-0.05, 0) is 31.4 Å². The van der Waals surface area contributed by atoms with Gasteiger partial charge in [0.2, 0.25) is 5.88 Å². The quantitative estimate of drug-likeness (QED) is 0.728. The van der Waals surface area contributed by atoms with Crippen molar-refractivity contribution in [3.05, 3.63) is 23.9 Å². The summed E-state index contributed by atoms with van der Waals surface area (Å²) in [5, 5.41) is 0. The Morgan fingerprint density at radius 2 is 2.50 bits per heavy atom. The van der Waals surface area contributed by atoms with Gasteiger partial charge in [0.15, 0.2) is 6.29 Å². The number of aromatic nitrogens is 1. The lowest BCUT2D eigenvalue weighted by Crippen LogP contribution is -2.26. The normalized spacial score (nSPS) is 20.4. The Labute approximate surface area is 94.6 Å². The number of ether oxygens (including phenoxy) is 2. The molecule has 0 saturated carbocycles. The molecule has 0 aliphatic carbocycles. The van der Waals surface area contributed by atoms with E-state index in [0.29, 0.717) is 18.1 Å². The van der Waals surface area contributed by atoms with E-state index in [1.54, 1.807) is 18.3 Å². The molecule has 16 heavy (non-hydrogen) atoms. The fourth-order valence-electron chi connectivity index (χ4n) is 1.72. The Bertz CT molecular complexity index is 348. The number of carbonyl (C=O) groups is 1. The molecule has 1 aromatic rings. The molecule has 2 rings (SSSR count). The molecule has 1 saturated heterocycles. The third-order valence-electron chi connectivity index (χ3n) is 2.61. The highest BCUT2D eigenvalue weighted by Crippen LogP contribution is 2.16. The molecule has 4 nitrogen and oxygen atoms in total. The minimum atomic E-state index is 0.134. The molecule has 1 aliphatic rings. The summed E-state index contributed by atoms with van der Waals surface area (Å²) in [4.78, 5) is 14.8. The van der Waals surface area contributed by atoms with Crippen LogP contribution in [-0.2, 0) is 4.74 Å². The highest BCUT2D eigenvalue weighted by molar-refractivity contribution is 5.77. The second-order valence-corrected chi connectivity index (χ2v) is 3.82. The van der Waals surface area contributed by atoms with Crippen molar-refractivity contribution in [3.63, 3.8) is 0 Å². The number of nitrogens with zero attached hydrogens (tertiary/aromatic N) is 1. The second-order valence-electron chi connectivity index (χ2n) is 3.82. The van der Waals surface area contributed by atoms with E-state index in [9.17, 15) is 4.79 Å². The van der Waals surface area contributed by atoms with Gasteiger partial charge in [0.25, 0.3) is 0 Å². The molecular formula is C12H15NO3. The van der Waals surface area contributed by atoms with E-state index < -0.39 is 0 Å². The van der Waals surface area contributed by atoms with Gasteiger partial charge in [-0.3, -0.25) is 4.79 Å². The molecule has 2 heterocycles. The van der Waals surface area contributed by atoms with Gasteiger partial charge in [-0.15, -0.1) is 0 Å². The van der Waals surface area contributed by atoms with Gasteiger partial charge in [-0.2, -0.15) is 0 Å². The van der Waals surface area contributed by atoms with Crippen LogP contribution in [0, 0.1) is 0 Å². The van der Waals surface area contributed by atoms with Crippen LogP contribution < -0.4 is 4.74 Å². The summed E-state index contributed by atoms with van der Waals surface area (Å²) in [7, 11) is 0. The molecule has 0 spiro atoms. The van der Waals surface area contributed by atoms with E-state index in [0.717, 1.165) is 25.7 Å². The van der Waals surface area contributed by atoms with Crippen LogP contribution in [0.1, 0.15) is 29.6 Å². The minimum absolute atomic E-state index is 0.134. The predicted molar refractivity (Wildman–Crippen MR) is 58.7 cm³/mol. The summed E-state index contributed by atoms with van der Waals surface area (Å²) < 4.78 is 11.0. The lowest BCUT2D eigenvalue weighted by molar-refractivity contribution is -0.0120. The summed E-state index contributed by atoms with van der Waals surface area (Å²) in [6.07, 6.45) is 5.82. The third-order valence-corrected chi connectivity index (χ3v) is 2.61. The van der Waals surface area contributed by atoms with E-state index in [-0.39, 0.29) is 6.10 Å². The second kappa shape index (κ2) is 5.61. The van der Waals surface area contributed by atoms with E-state index in [4.69, 9.17) is 9.47 Å². The Balaban J connectivity index is 1.90. The number of hydrogen-bond donors (Lipinski definition) is 0. The SMILES string of the molecule is O=Cc1cccnc1OCC1CCCCO1.